The van der Waals surface area contributed by atoms with E-state index >= 15 is 0 Å². The van der Waals surface area contributed by atoms with Crippen molar-refractivity contribution < 1.29 is 9.84 Å². The molecule has 43 heavy (non-hydrogen) atoms. The van der Waals surface area contributed by atoms with E-state index in [4.69, 9.17) is 9.72 Å². The molecule has 1 aliphatic heterocycles. The van der Waals surface area contributed by atoms with E-state index in [0.29, 0.717) is 18.1 Å². The average Bonchev–Trinajstić information content (AvgIpc) is 3.56. The molecule has 4 aromatic carbocycles. The van der Waals surface area contributed by atoms with Crippen molar-refractivity contribution >= 4 is 23.3 Å². The first-order chi connectivity index (χ1) is 21.2. The van der Waals surface area contributed by atoms with Crippen molar-refractivity contribution in [1.82, 2.24) is 19.5 Å². The smallest absolute Gasteiger partial charge is 0.168 e. The van der Waals surface area contributed by atoms with Gasteiger partial charge in [-0.05, 0) is 34.4 Å². The minimum Gasteiger partial charge on any atom is -0.380 e. The number of rotatable bonds is 8. The van der Waals surface area contributed by atoms with Crippen LogP contribution in [0.3, 0.4) is 0 Å². The van der Waals surface area contributed by atoms with Crippen molar-refractivity contribution in [1.29, 1.82) is 0 Å². The summed E-state index contributed by atoms with van der Waals surface area (Å²) in [4.78, 5) is 16.9. The number of aromatic nitrogens is 4. The van der Waals surface area contributed by atoms with Gasteiger partial charge in [0.15, 0.2) is 5.82 Å². The van der Waals surface area contributed by atoms with Crippen LogP contribution in [0, 0.1) is 0 Å². The van der Waals surface area contributed by atoms with Gasteiger partial charge in [-0.1, -0.05) is 109 Å². The molecule has 0 radical (unpaired) electrons. The molecule has 3 heterocycles. The van der Waals surface area contributed by atoms with Crippen LogP contribution in [0.4, 0.5) is 11.5 Å². The molecule has 0 saturated heterocycles. The Morgan fingerprint density at radius 1 is 0.767 bits per heavy atom. The number of hydrogen-bond acceptors (Lipinski definition) is 7. The van der Waals surface area contributed by atoms with Crippen LogP contribution in [-0.2, 0) is 10.3 Å². The molecule has 0 saturated carbocycles. The molecule has 0 spiro atoms. The molecule has 6 aromatic rings. The Balaban J connectivity index is 1.40. The summed E-state index contributed by atoms with van der Waals surface area (Å²) in [5.41, 5.74) is 3.99. The first-order valence-corrected chi connectivity index (χ1v) is 14.8. The Morgan fingerprint density at radius 3 is 1.98 bits per heavy atom. The number of fused-ring (bicyclic) bond motifs is 2. The second-order valence-electron chi connectivity index (χ2n) is 10.2. The van der Waals surface area contributed by atoms with E-state index in [2.05, 4.69) is 87.3 Å². The largest absolute Gasteiger partial charge is 0.380 e. The highest BCUT2D eigenvalue weighted by molar-refractivity contribution is 7.99. The lowest BCUT2D eigenvalue weighted by molar-refractivity contribution is 0.199. The number of imidazole rings is 1. The lowest BCUT2D eigenvalue weighted by atomic mass is 9.76. The Morgan fingerprint density at radius 2 is 1.37 bits per heavy atom. The van der Waals surface area contributed by atoms with Gasteiger partial charge in [0.25, 0.3) is 0 Å². The van der Waals surface area contributed by atoms with Crippen LogP contribution in [-0.4, -0.2) is 38.5 Å². The number of benzene rings is 4. The van der Waals surface area contributed by atoms with Gasteiger partial charge in [0.2, 0.25) is 0 Å². The number of aliphatic hydroxyl groups is 1. The number of nitrogens with zero attached hydrogens (tertiary/aromatic N) is 5. The molecule has 8 heteroatoms. The maximum atomic E-state index is 12.1. The van der Waals surface area contributed by atoms with Crippen molar-refractivity contribution in [3.05, 3.63) is 162 Å². The summed E-state index contributed by atoms with van der Waals surface area (Å²) in [5, 5.41) is 12.9. The zero-order valence-corrected chi connectivity index (χ0v) is 24.3. The SMILES string of the molecule is COCN1c2cc(C(O)c3nccn3C(c3ccccc3)(c3ccccc3)c3ccccc3)ccc2Sc2nccnc21. The molecule has 1 unspecified atom stereocenters. The molecule has 1 atom stereocenters. The van der Waals surface area contributed by atoms with Gasteiger partial charge in [0.1, 0.15) is 29.2 Å². The minimum atomic E-state index is -1.02. The lowest BCUT2D eigenvalue weighted by Gasteiger charge is -2.39. The van der Waals surface area contributed by atoms with Gasteiger partial charge >= 0.3 is 0 Å². The third-order valence-corrected chi connectivity index (χ3v) is 8.85. The van der Waals surface area contributed by atoms with E-state index in [1.807, 2.05) is 47.5 Å². The monoisotopic (exact) mass is 583 g/mol. The topological polar surface area (TPSA) is 76.3 Å². The zero-order valence-electron chi connectivity index (χ0n) is 23.5. The van der Waals surface area contributed by atoms with E-state index in [1.165, 1.54) is 0 Å². The van der Waals surface area contributed by atoms with Gasteiger partial charge < -0.3 is 14.4 Å². The summed E-state index contributed by atoms with van der Waals surface area (Å²) in [6.45, 7) is 0.298. The van der Waals surface area contributed by atoms with Crippen LogP contribution in [0.1, 0.15) is 34.2 Å². The summed E-state index contributed by atoms with van der Waals surface area (Å²) in [5.74, 6) is 1.25. The highest BCUT2D eigenvalue weighted by Crippen LogP contribution is 2.48. The average molecular weight is 584 g/mol. The lowest BCUT2D eigenvalue weighted by Crippen LogP contribution is -2.39. The van der Waals surface area contributed by atoms with E-state index < -0.39 is 11.6 Å². The van der Waals surface area contributed by atoms with Crippen LogP contribution < -0.4 is 4.90 Å². The van der Waals surface area contributed by atoms with Gasteiger partial charge in [-0.15, -0.1) is 0 Å². The summed E-state index contributed by atoms with van der Waals surface area (Å²) >= 11 is 1.56. The number of ether oxygens (including phenoxy) is 1. The van der Waals surface area contributed by atoms with Gasteiger partial charge in [0.05, 0.1) is 5.69 Å². The number of methoxy groups -OCH3 is 1. The van der Waals surface area contributed by atoms with Gasteiger partial charge in [-0.25, -0.2) is 15.0 Å². The van der Waals surface area contributed by atoms with Crippen LogP contribution in [0.25, 0.3) is 0 Å². The van der Waals surface area contributed by atoms with Crippen molar-refractivity contribution in [3.8, 4) is 0 Å². The molecule has 7 nitrogen and oxygen atoms in total. The number of anilines is 2. The van der Waals surface area contributed by atoms with Crippen LogP contribution >= 0.6 is 11.8 Å². The van der Waals surface area contributed by atoms with E-state index in [-0.39, 0.29) is 0 Å². The molecule has 0 amide bonds. The highest BCUT2D eigenvalue weighted by atomic mass is 32.2. The maximum Gasteiger partial charge on any atom is 0.168 e. The van der Waals surface area contributed by atoms with E-state index in [0.717, 1.165) is 38.1 Å². The molecule has 7 rings (SSSR count). The molecule has 1 aliphatic rings. The van der Waals surface area contributed by atoms with Crippen molar-refractivity contribution in [2.75, 3.05) is 18.7 Å². The maximum absolute atomic E-state index is 12.1. The molecule has 2 aromatic heterocycles. The van der Waals surface area contributed by atoms with Crippen molar-refractivity contribution in [3.63, 3.8) is 0 Å². The normalized spacial score (nSPS) is 13.3. The van der Waals surface area contributed by atoms with Gasteiger partial charge in [-0.2, -0.15) is 0 Å². The molecule has 0 bridgehead atoms. The quantitative estimate of drug-likeness (QED) is 0.198. The third-order valence-electron chi connectivity index (χ3n) is 7.81. The van der Waals surface area contributed by atoms with Crippen molar-refractivity contribution in [2.45, 2.75) is 21.6 Å². The van der Waals surface area contributed by atoms with Gasteiger partial charge in [-0.3, -0.25) is 4.90 Å². The summed E-state index contributed by atoms with van der Waals surface area (Å²) in [6, 6.07) is 37.1. The number of hydrogen-bond donors (Lipinski definition) is 1. The minimum absolute atomic E-state index is 0.298. The second-order valence-corrected chi connectivity index (χ2v) is 11.3. The molecule has 1 N–H and O–H groups in total. The number of aliphatic hydroxyl groups excluding tert-OH is 1. The molecule has 0 fully saturated rings. The van der Waals surface area contributed by atoms with E-state index in [1.54, 1.807) is 37.5 Å². The molecular weight excluding hydrogens is 554 g/mol. The van der Waals surface area contributed by atoms with Crippen LogP contribution in [0.15, 0.2) is 144 Å². The molecule has 212 valence electrons. The standard InChI is InChI=1S/C35H29N5O2S/c1-42-24-39-29-23-25(17-18-30(29)43-34-33(39)36-19-20-38-34)31(41)32-37-21-22-40(32)35(26-11-5-2-6-12-26,27-13-7-3-8-14-27)28-15-9-4-10-16-28/h2-23,31,41H,24H2,1H3. The highest BCUT2D eigenvalue weighted by Gasteiger charge is 2.41. The third kappa shape index (κ3) is 4.60. The fraction of sp³-hybridized carbons (Fsp3) is 0.114. The zero-order chi connectivity index (χ0) is 29.2. The first kappa shape index (κ1) is 27.1. The Kier molecular flexibility index (Phi) is 7.24. The molecular formula is C35H29N5O2S. The first-order valence-electron chi connectivity index (χ1n) is 14.0. The fourth-order valence-electron chi connectivity index (χ4n) is 5.96. The Hall–Kier alpha value is -4.76. The second kappa shape index (κ2) is 11.5. The van der Waals surface area contributed by atoms with Crippen molar-refractivity contribution in [2.24, 2.45) is 0 Å². The van der Waals surface area contributed by atoms with Crippen LogP contribution in [0.2, 0.25) is 0 Å². The predicted molar refractivity (Wildman–Crippen MR) is 168 cm³/mol. The Bertz CT molecular complexity index is 1750. The summed E-state index contributed by atoms with van der Waals surface area (Å²) in [6.07, 6.45) is 6.08. The summed E-state index contributed by atoms with van der Waals surface area (Å²) in [7, 11) is 1.66. The summed E-state index contributed by atoms with van der Waals surface area (Å²) < 4.78 is 7.66. The van der Waals surface area contributed by atoms with E-state index in [9.17, 15) is 5.11 Å². The van der Waals surface area contributed by atoms with Gasteiger partial charge in [0, 0.05) is 36.8 Å². The Labute approximate surface area is 254 Å². The molecule has 0 aliphatic carbocycles. The predicted octanol–water partition coefficient (Wildman–Crippen LogP) is 6.80. The fourth-order valence-corrected chi connectivity index (χ4v) is 6.95. The van der Waals surface area contributed by atoms with Crippen LogP contribution in [0.5, 0.6) is 0 Å².